The molecule has 22 heavy (non-hydrogen) atoms. The largest absolute Gasteiger partial charge is 0.480 e. The summed E-state index contributed by atoms with van der Waals surface area (Å²) < 4.78 is 0. The molecule has 2 atom stereocenters. The van der Waals surface area contributed by atoms with Crippen molar-refractivity contribution in [3.8, 4) is 0 Å². The summed E-state index contributed by atoms with van der Waals surface area (Å²) in [5, 5.41) is 21.4. The molecule has 0 aliphatic heterocycles. The van der Waals surface area contributed by atoms with E-state index in [-0.39, 0.29) is 5.41 Å². The zero-order chi connectivity index (χ0) is 16.8. The Kier molecular flexibility index (Phi) is 6.56. The lowest BCUT2D eigenvalue weighted by molar-refractivity contribution is -0.143. The zero-order valence-electron chi connectivity index (χ0n) is 13.4. The predicted octanol–water partition coefficient (Wildman–Crippen LogP) is 2.55. The molecule has 1 aromatic rings. The van der Waals surface area contributed by atoms with Gasteiger partial charge in [-0.25, -0.2) is 0 Å². The Balaban J connectivity index is 2.69. The lowest BCUT2D eigenvalue weighted by atomic mass is 9.87. The monoisotopic (exact) mass is 307 g/mol. The van der Waals surface area contributed by atoms with E-state index in [1.165, 1.54) is 0 Å². The number of carboxylic acids is 2. The van der Waals surface area contributed by atoms with Crippen LogP contribution in [0.3, 0.4) is 0 Å². The number of hydrogen-bond donors (Lipinski definition) is 3. The van der Waals surface area contributed by atoms with Crippen molar-refractivity contribution in [2.24, 2.45) is 5.41 Å². The van der Waals surface area contributed by atoms with Gasteiger partial charge in [-0.05, 0) is 30.2 Å². The molecule has 0 amide bonds. The first-order valence-corrected chi connectivity index (χ1v) is 7.44. The third kappa shape index (κ3) is 6.72. The standard InChI is InChI=1S/C17H25NO4/c1-17(2,3)11-14(16(21)22)18-13(15(19)20)10-9-12-7-5-4-6-8-12/h4-8,13-14,18H,9-11H2,1-3H3,(H,19,20)(H,21,22). The highest BCUT2D eigenvalue weighted by atomic mass is 16.4. The Morgan fingerprint density at radius 2 is 1.59 bits per heavy atom. The van der Waals surface area contributed by atoms with Crippen molar-refractivity contribution in [1.29, 1.82) is 0 Å². The summed E-state index contributed by atoms with van der Waals surface area (Å²) in [7, 11) is 0. The molecular formula is C17H25NO4. The van der Waals surface area contributed by atoms with Gasteiger partial charge in [-0.2, -0.15) is 0 Å². The summed E-state index contributed by atoms with van der Waals surface area (Å²) in [4.78, 5) is 22.7. The summed E-state index contributed by atoms with van der Waals surface area (Å²) >= 11 is 0. The van der Waals surface area contributed by atoms with E-state index in [1.807, 2.05) is 51.1 Å². The van der Waals surface area contributed by atoms with Crippen molar-refractivity contribution in [1.82, 2.24) is 5.32 Å². The number of benzene rings is 1. The van der Waals surface area contributed by atoms with Crippen LogP contribution in [0.1, 0.15) is 39.2 Å². The molecule has 0 spiro atoms. The minimum Gasteiger partial charge on any atom is -0.480 e. The summed E-state index contributed by atoms with van der Waals surface area (Å²) in [6, 6.07) is 7.84. The van der Waals surface area contributed by atoms with Crippen LogP contribution in [0, 0.1) is 5.41 Å². The fourth-order valence-corrected chi connectivity index (χ4v) is 2.31. The van der Waals surface area contributed by atoms with Gasteiger partial charge in [0.1, 0.15) is 12.1 Å². The molecule has 0 bridgehead atoms. The SMILES string of the molecule is CC(C)(C)CC(NC(CCc1ccccc1)C(=O)O)C(=O)O. The molecule has 122 valence electrons. The Labute approximate surface area is 131 Å². The number of carbonyl (C=O) groups is 2. The Hall–Kier alpha value is -1.88. The van der Waals surface area contributed by atoms with Gasteiger partial charge in [-0.15, -0.1) is 0 Å². The smallest absolute Gasteiger partial charge is 0.320 e. The summed E-state index contributed by atoms with van der Waals surface area (Å²) in [6.45, 7) is 5.80. The molecule has 3 N–H and O–H groups in total. The number of rotatable bonds is 8. The molecule has 1 rings (SSSR count). The van der Waals surface area contributed by atoms with Gasteiger partial charge in [-0.1, -0.05) is 51.1 Å². The number of carboxylic acid groups (broad SMARTS) is 2. The molecule has 0 heterocycles. The third-order valence-corrected chi connectivity index (χ3v) is 3.38. The second kappa shape index (κ2) is 7.94. The normalized spacial score (nSPS) is 14.3. The number of nitrogens with one attached hydrogen (secondary N) is 1. The van der Waals surface area contributed by atoms with Crippen molar-refractivity contribution in [3.63, 3.8) is 0 Å². The molecule has 0 saturated heterocycles. The molecule has 0 saturated carbocycles. The number of hydrogen-bond acceptors (Lipinski definition) is 3. The van der Waals surface area contributed by atoms with Crippen LogP contribution in [0.5, 0.6) is 0 Å². The molecule has 2 unspecified atom stereocenters. The van der Waals surface area contributed by atoms with E-state index in [9.17, 15) is 19.8 Å². The highest BCUT2D eigenvalue weighted by Crippen LogP contribution is 2.21. The summed E-state index contributed by atoms with van der Waals surface area (Å²) in [5.74, 6) is -2.03. The topological polar surface area (TPSA) is 86.6 Å². The lowest BCUT2D eigenvalue weighted by Crippen LogP contribution is -2.48. The molecule has 0 aliphatic rings. The molecule has 0 aliphatic carbocycles. The van der Waals surface area contributed by atoms with Crippen molar-refractivity contribution in [2.45, 2.75) is 52.1 Å². The van der Waals surface area contributed by atoms with Crippen LogP contribution in [-0.2, 0) is 16.0 Å². The number of aryl methyl sites for hydroxylation is 1. The third-order valence-electron chi connectivity index (χ3n) is 3.38. The van der Waals surface area contributed by atoms with E-state index in [0.717, 1.165) is 5.56 Å². The van der Waals surface area contributed by atoms with Crippen LogP contribution in [0.2, 0.25) is 0 Å². The second-order valence-electron chi connectivity index (χ2n) is 6.74. The Bertz CT molecular complexity index is 493. The van der Waals surface area contributed by atoms with E-state index in [2.05, 4.69) is 5.32 Å². The first-order valence-electron chi connectivity index (χ1n) is 7.44. The minimum absolute atomic E-state index is 0.196. The Morgan fingerprint density at radius 1 is 1.05 bits per heavy atom. The fraction of sp³-hybridized carbons (Fsp3) is 0.529. The van der Waals surface area contributed by atoms with E-state index >= 15 is 0 Å². The molecule has 0 aromatic heterocycles. The maximum Gasteiger partial charge on any atom is 0.320 e. The molecule has 0 fully saturated rings. The summed E-state index contributed by atoms with van der Waals surface area (Å²) in [5.41, 5.74) is 0.844. The van der Waals surface area contributed by atoms with Gasteiger partial charge in [0.05, 0.1) is 0 Å². The van der Waals surface area contributed by atoms with Crippen molar-refractivity contribution < 1.29 is 19.8 Å². The quantitative estimate of drug-likeness (QED) is 0.687. The van der Waals surface area contributed by atoms with Gasteiger partial charge in [0.15, 0.2) is 0 Å². The van der Waals surface area contributed by atoms with Gasteiger partial charge < -0.3 is 10.2 Å². The highest BCUT2D eigenvalue weighted by molar-refractivity contribution is 5.77. The van der Waals surface area contributed by atoms with E-state index in [4.69, 9.17) is 0 Å². The molecule has 0 radical (unpaired) electrons. The van der Waals surface area contributed by atoms with Gasteiger partial charge in [0, 0.05) is 0 Å². The molecule has 1 aromatic carbocycles. The van der Waals surface area contributed by atoms with Crippen LogP contribution in [0.15, 0.2) is 30.3 Å². The van der Waals surface area contributed by atoms with Gasteiger partial charge >= 0.3 is 11.9 Å². The van der Waals surface area contributed by atoms with E-state index in [0.29, 0.717) is 19.3 Å². The van der Waals surface area contributed by atoms with Crippen LogP contribution in [-0.4, -0.2) is 34.2 Å². The van der Waals surface area contributed by atoms with E-state index < -0.39 is 24.0 Å². The van der Waals surface area contributed by atoms with Crippen LogP contribution in [0.4, 0.5) is 0 Å². The average molecular weight is 307 g/mol. The highest BCUT2D eigenvalue weighted by Gasteiger charge is 2.29. The number of aliphatic carboxylic acids is 2. The Morgan fingerprint density at radius 3 is 2.05 bits per heavy atom. The zero-order valence-corrected chi connectivity index (χ0v) is 13.4. The van der Waals surface area contributed by atoms with Crippen LogP contribution >= 0.6 is 0 Å². The molecule has 5 heteroatoms. The van der Waals surface area contributed by atoms with Gasteiger partial charge in [0.25, 0.3) is 0 Å². The fourth-order valence-electron chi connectivity index (χ4n) is 2.31. The molecular weight excluding hydrogens is 282 g/mol. The minimum atomic E-state index is -1.02. The van der Waals surface area contributed by atoms with Crippen molar-refractivity contribution in [3.05, 3.63) is 35.9 Å². The first kappa shape index (κ1) is 18.2. The van der Waals surface area contributed by atoms with Gasteiger partial charge in [-0.3, -0.25) is 14.9 Å². The predicted molar refractivity (Wildman–Crippen MR) is 84.8 cm³/mol. The first-order chi connectivity index (χ1) is 10.2. The van der Waals surface area contributed by atoms with Crippen LogP contribution in [0.25, 0.3) is 0 Å². The van der Waals surface area contributed by atoms with Crippen molar-refractivity contribution in [2.75, 3.05) is 0 Å². The summed E-state index contributed by atoms with van der Waals surface area (Å²) in [6.07, 6.45) is 1.32. The second-order valence-corrected chi connectivity index (χ2v) is 6.74. The average Bonchev–Trinajstić information content (AvgIpc) is 2.41. The van der Waals surface area contributed by atoms with Crippen molar-refractivity contribution >= 4 is 11.9 Å². The maximum atomic E-state index is 11.4. The van der Waals surface area contributed by atoms with Crippen LogP contribution < -0.4 is 5.32 Å². The lowest BCUT2D eigenvalue weighted by Gasteiger charge is -2.26. The molecule has 5 nitrogen and oxygen atoms in total. The van der Waals surface area contributed by atoms with Gasteiger partial charge in [0.2, 0.25) is 0 Å². The maximum absolute atomic E-state index is 11.4. The van der Waals surface area contributed by atoms with E-state index in [1.54, 1.807) is 0 Å².